The molecule has 0 atom stereocenters. The highest BCUT2D eigenvalue weighted by molar-refractivity contribution is 7.92. The number of piperidine rings is 1. The zero-order chi connectivity index (χ0) is 24.1. The first kappa shape index (κ1) is 24.0. The summed E-state index contributed by atoms with van der Waals surface area (Å²) >= 11 is 0. The van der Waals surface area contributed by atoms with Gasteiger partial charge >= 0.3 is 0 Å². The van der Waals surface area contributed by atoms with Crippen molar-refractivity contribution < 1.29 is 18.1 Å². The van der Waals surface area contributed by atoms with E-state index in [0.29, 0.717) is 11.3 Å². The van der Waals surface area contributed by atoms with Gasteiger partial charge in [-0.3, -0.25) is 9.52 Å². The summed E-state index contributed by atoms with van der Waals surface area (Å²) in [4.78, 5) is 14.5. The average molecular weight is 479 g/mol. The van der Waals surface area contributed by atoms with E-state index >= 15 is 0 Å². The molecule has 0 spiro atoms. The lowest BCUT2D eigenvalue weighted by atomic mass is 10.0. The van der Waals surface area contributed by atoms with E-state index in [1.165, 1.54) is 22.6 Å². The van der Waals surface area contributed by atoms with Gasteiger partial charge in [0.05, 0.1) is 23.7 Å². The molecule has 178 valence electrons. The van der Waals surface area contributed by atoms with E-state index in [-0.39, 0.29) is 16.8 Å². The number of rotatable bonds is 7. The Bertz CT molecular complexity index is 1250. The van der Waals surface area contributed by atoms with Gasteiger partial charge in [0.2, 0.25) is 0 Å². The lowest BCUT2D eigenvalue weighted by molar-refractivity contribution is -0.918. The van der Waals surface area contributed by atoms with Crippen LogP contribution in [0.25, 0.3) is 0 Å². The first-order valence-electron chi connectivity index (χ1n) is 11.7. The number of aryl methyl sites for hydroxylation is 2. The Morgan fingerprint density at radius 2 is 1.68 bits per heavy atom. The van der Waals surface area contributed by atoms with Crippen LogP contribution in [0.3, 0.4) is 0 Å². The number of likely N-dealkylation sites (tertiary alicyclic amines) is 1. The summed E-state index contributed by atoms with van der Waals surface area (Å²) in [6, 6.07) is 22.3. The van der Waals surface area contributed by atoms with Gasteiger partial charge in [-0.1, -0.05) is 54.1 Å². The lowest BCUT2D eigenvalue weighted by Gasteiger charge is -2.29. The molecule has 7 heteroatoms. The van der Waals surface area contributed by atoms with Gasteiger partial charge in [-0.2, -0.15) is 0 Å². The van der Waals surface area contributed by atoms with Crippen LogP contribution in [0.15, 0.2) is 77.7 Å². The topological polar surface area (TPSA) is 79.7 Å². The summed E-state index contributed by atoms with van der Waals surface area (Å²) in [6.45, 7) is 6.81. The van der Waals surface area contributed by atoms with Crippen molar-refractivity contribution >= 4 is 21.6 Å². The maximum Gasteiger partial charge on any atom is 0.261 e. The quantitative estimate of drug-likeness (QED) is 0.488. The lowest BCUT2D eigenvalue weighted by Crippen LogP contribution is -3.12. The zero-order valence-corrected chi connectivity index (χ0v) is 20.5. The van der Waals surface area contributed by atoms with Crippen molar-refractivity contribution in [3.05, 3.63) is 95.1 Å². The van der Waals surface area contributed by atoms with E-state index in [0.717, 1.165) is 43.6 Å². The van der Waals surface area contributed by atoms with Crippen molar-refractivity contribution in [3.8, 4) is 0 Å². The monoisotopic (exact) mass is 478 g/mol. The second-order valence-corrected chi connectivity index (χ2v) is 10.8. The number of anilines is 1. The molecule has 3 aromatic carbocycles. The summed E-state index contributed by atoms with van der Waals surface area (Å²) in [5.41, 5.74) is 4.12. The average Bonchev–Trinajstić information content (AvgIpc) is 2.83. The highest BCUT2D eigenvalue weighted by Crippen LogP contribution is 2.21. The Balaban J connectivity index is 1.36. The van der Waals surface area contributed by atoms with Crippen molar-refractivity contribution in [3.63, 3.8) is 0 Å². The molecular formula is C27H32N3O3S+. The van der Waals surface area contributed by atoms with Crippen LogP contribution in [0.5, 0.6) is 0 Å². The van der Waals surface area contributed by atoms with E-state index < -0.39 is 10.0 Å². The molecule has 1 amide bonds. The number of nitrogens with one attached hydrogen (secondary N) is 3. The molecule has 3 N–H and O–H groups in total. The van der Waals surface area contributed by atoms with Gasteiger partial charge in [0.15, 0.2) is 0 Å². The molecule has 4 rings (SSSR count). The summed E-state index contributed by atoms with van der Waals surface area (Å²) in [7, 11) is -3.81. The van der Waals surface area contributed by atoms with Gasteiger partial charge in [0.25, 0.3) is 15.9 Å². The van der Waals surface area contributed by atoms with Crippen LogP contribution in [-0.2, 0) is 16.6 Å². The molecule has 1 aliphatic rings. The second kappa shape index (κ2) is 10.4. The predicted octanol–water partition coefficient (Wildman–Crippen LogP) is 3.08. The molecule has 0 aliphatic carbocycles. The number of hydrogen-bond acceptors (Lipinski definition) is 3. The Morgan fingerprint density at radius 1 is 0.941 bits per heavy atom. The first-order valence-corrected chi connectivity index (χ1v) is 13.2. The summed E-state index contributed by atoms with van der Waals surface area (Å²) in [5, 5.41) is 3.10. The Hall–Kier alpha value is -3.16. The van der Waals surface area contributed by atoms with Gasteiger partial charge in [-0.15, -0.1) is 0 Å². The summed E-state index contributed by atoms with van der Waals surface area (Å²) < 4.78 is 28.5. The van der Waals surface area contributed by atoms with E-state index in [9.17, 15) is 13.2 Å². The minimum Gasteiger partial charge on any atom is -0.349 e. The molecule has 1 aliphatic heterocycles. The summed E-state index contributed by atoms with van der Waals surface area (Å²) in [6.07, 6.45) is 1.81. The molecule has 1 saturated heterocycles. The van der Waals surface area contributed by atoms with E-state index in [1.54, 1.807) is 18.2 Å². The largest absolute Gasteiger partial charge is 0.349 e. The molecule has 34 heavy (non-hydrogen) atoms. The van der Waals surface area contributed by atoms with E-state index in [1.807, 2.05) is 32.0 Å². The van der Waals surface area contributed by atoms with Crippen molar-refractivity contribution in [1.29, 1.82) is 0 Å². The first-order chi connectivity index (χ1) is 16.3. The second-order valence-electron chi connectivity index (χ2n) is 9.11. The number of quaternary nitrogens is 1. The van der Waals surface area contributed by atoms with Crippen LogP contribution >= 0.6 is 0 Å². The van der Waals surface area contributed by atoms with Gasteiger partial charge in [0, 0.05) is 30.0 Å². The molecule has 0 aromatic heterocycles. The van der Waals surface area contributed by atoms with E-state index in [4.69, 9.17) is 0 Å². The number of hydrogen-bond donors (Lipinski definition) is 3. The fourth-order valence-corrected chi connectivity index (χ4v) is 5.61. The van der Waals surface area contributed by atoms with E-state index in [2.05, 4.69) is 34.3 Å². The SMILES string of the molecule is Cc1ccc(NS(=O)(=O)c2cccc(C(=O)NC3CC[NH+](Cc4ccccc4)CC3)c2)c(C)c1. The number of carbonyl (C=O) groups excluding carboxylic acids is 1. The van der Waals surface area contributed by atoms with Crippen LogP contribution in [-0.4, -0.2) is 33.5 Å². The number of carbonyl (C=O) groups is 1. The maximum atomic E-state index is 12.9. The van der Waals surface area contributed by atoms with Gasteiger partial charge in [0.1, 0.15) is 6.54 Å². The van der Waals surface area contributed by atoms with Gasteiger partial charge in [-0.25, -0.2) is 8.42 Å². The van der Waals surface area contributed by atoms with Crippen molar-refractivity contribution in [2.75, 3.05) is 17.8 Å². The van der Waals surface area contributed by atoms with Crippen LogP contribution in [0.4, 0.5) is 5.69 Å². The minimum atomic E-state index is -3.81. The zero-order valence-electron chi connectivity index (χ0n) is 19.7. The molecule has 0 unspecified atom stereocenters. The third-order valence-corrected chi connectivity index (χ3v) is 7.72. The Kier molecular flexibility index (Phi) is 7.34. The normalized spacial score (nSPS) is 18.3. The van der Waals surface area contributed by atoms with Crippen molar-refractivity contribution in [2.24, 2.45) is 0 Å². The van der Waals surface area contributed by atoms with Crippen LogP contribution in [0.2, 0.25) is 0 Å². The Morgan fingerprint density at radius 3 is 2.38 bits per heavy atom. The maximum absolute atomic E-state index is 12.9. The summed E-state index contributed by atoms with van der Waals surface area (Å²) in [5.74, 6) is -0.236. The molecule has 6 nitrogen and oxygen atoms in total. The number of sulfonamides is 1. The minimum absolute atomic E-state index is 0.0715. The third-order valence-electron chi connectivity index (χ3n) is 6.36. The molecule has 0 saturated carbocycles. The molecular weight excluding hydrogens is 446 g/mol. The fraction of sp³-hybridized carbons (Fsp3) is 0.296. The van der Waals surface area contributed by atoms with Crippen LogP contribution < -0.4 is 14.9 Å². The molecule has 3 aromatic rings. The number of amides is 1. The highest BCUT2D eigenvalue weighted by Gasteiger charge is 2.24. The number of benzene rings is 3. The predicted molar refractivity (Wildman–Crippen MR) is 134 cm³/mol. The van der Waals surface area contributed by atoms with Gasteiger partial charge < -0.3 is 10.2 Å². The molecule has 0 bridgehead atoms. The highest BCUT2D eigenvalue weighted by atomic mass is 32.2. The smallest absolute Gasteiger partial charge is 0.261 e. The van der Waals surface area contributed by atoms with Crippen LogP contribution in [0, 0.1) is 13.8 Å². The van der Waals surface area contributed by atoms with Gasteiger partial charge in [-0.05, 0) is 43.7 Å². The van der Waals surface area contributed by atoms with Crippen LogP contribution in [0.1, 0.15) is 39.9 Å². The van der Waals surface area contributed by atoms with Crippen molar-refractivity contribution in [2.45, 2.75) is 44.2 Å². The fourth-order valence-electron chi connectivity index (χ4n) is 4.44. The molecule has 0 radical (unpaired) electrons. The molecule has 1 heterocycles. The Labute approximate surface area is 202 Å². The third kappa shape index (κ3) is 6.04. The molecule has 1 fully saturated rings. The standard InChI is InChI=1S/C27H31N3O3S/c1-20-11-12-26(21(2)17-20)29-34(32,33)25-10-6-9-23(18-25)27(31)28-24-13-15-30(16-14-24)19-22-7-4-3-5-8-22/h3-12,17-18,24,29H,13-16,19H2,1-2H3,(H,28,31)/p+1. The van der Waals surface area contributed by atoms with Crippen molar-refractivity contribution in [1.82, 2.24) is 5.32 Å².